The second-order valence-electron chi connectivity index (χ2n) is 5.12. The van der Waals surface area contributed by atoms with Gasteiger partial charge < -0.3 is 14.8 Å². The normalized spacial score (nSPS) is 14.2. The van der Waals surface area contributed by atoms with Crippen molar-refractivity contribution in [1.82, 2.24) is 5.32 Å². The Kier molecular flexibility index (Phi) is 4.68. The van der Waals surface area contributed by atoms with Crippen molar-refractivity contribution in [2.75, 3.05) is 7.11 Å². The topological polar surface area (TPSA) is 30.5 Å². The molecule has 112 valence electrons. The van der Waals surface area contributed by atoms with Gasteiger partial charge in [-0.1, -0.05) is 17.7 Å². The first-order valence-corrected chi connectivity index (χ1v) is 8.21. The Hall–Kier alpha value is -1.23. The van der Waals surface area contributed by atoms with E-state index in [1.54, 1.807) is 18.4 Å². The van der Waals surface area contributed by atoms with Crippen molar-refractivity contribution in [2.24, 2.45) is 0 Å². The lowest BCUT2D eigenvalue weighted by Crippen LogP contribution is -2.16. The number of hydrogen-bond acceptors (Lipinski definition) is 4. The van der Waals surface area contributed by atoms with E-state index in [9.17, 15) is 0 Å². The van der Waals surface area contributed by atoms with Crippen molar-refractivity contribution in [3.05, 3.63) is 45.1 Å². The Bertz CT molecular complexity index is 610. The molecule has 1 heterocycles. The molecule has 0 atom stereocenters. The zero-order valence-electron chi connectivity index (χ0n) is 11.9. The molecule has 0 radical (unpaired) electrons. The Balaban J connectivity index is 1.69. The predicted molar refractivity (Wildman–Crippen MR) is 86.5 cm³/mol. The molecule has 0 unspecified atom stereocenters. The minimum absolute atomic E-state index is 0.529. The maximum absolute atomic E-state index is 5.96. The van der Waals surface area contributed by atoms with Crippen molar-refractivity contribution >= 4 is 22.9 Å². The highest BCUT2D eigenvalue weighted by molar-refractivity contribution is 7.16. The van der Waals surface area contributed by atoms with Gasteiger partial charge in [0, 0.05) is 29.1 Å². The summed E-state index contributed by atoms with van der Waals surface area (Å²) in [5.41, 5.74) is 1.16. The number of methoxy groups -OCH3 is 1. The number of nitrogens with one attached hydrogen (secondary N) is 1. The molecule has 1 aromatic heterocycles. The van der Waals surface area contributed by atoms with E-state index in [0.29, 0.717) is 12.6 Å². The molecule has 5 heteroatoms. The van der Waals surface area contributed by atoms with E-state index in [0.717, 1.165) is 32.8 Å². The molecule has 3 nitrogen and oxygen atoms in total. The van der Waals surface area contributed by atoms with Gasteiger partial charge in [0.15, 0.2) is 0 Å². The van der Waals surface area contributed by atoms with Crippen LogP contribution in [0, 0.1) is 0 Å². The average molecular weight is 324 g/mol. The van der Waals surface area contributed by atoms with Gasteiger partial charge in [0.1, 0.15) is 18.1 Å². The van der Waals surface area contributed by atoms with Crippen LogP contribution in [-0.2, 0) is 13.2 Å². The Labute approximate surface area is 133 Å². The summed E-state index contributed by atoms with van der Waals surface area (Å²) < 4.78 is 12.0. The number of benzene rings is 1. The molecule has 1 aliphatic rings. The van der Waals surface area contributed by atoms with E-state index >= 15 is 0 Å². The summed E-state index contributed by atoms with van der Waals surface area (Å²) in [4.78, 5) is 1.11. The lowest BCUT2D eigenvalue weighted by Gasteiger charge is -2.13. The highest BCUT2D eigenvalue weighted by Gasteiger charge is 2.20. The Morgan fingerprint density at radius 3 is 2.81 bits per heavy atom. The number of halogens is 1. The van der Waals surface area contributed by atoms with Gasteiger partial charge in [0.2, 0.25) is 0 Å². The maximum Gasteiger partial charge on any atom is 0.128 e. The third-order valence-corrected chi connectivity index (χ3v) is 4.64. The van der Waals surface area contributed by atoms with E-state index < -0.39 is 0 Å². The minimum atomic E-state index is 0.529. The van der Waals surface area contributed by atoms with Crippen LogP contribution in [0.15, 0.2) is 30.3 Å². The van der Waals surface area contributed by atoms with Crippen LogP contribution in [0.4, 0.5) is 0 Å². The molecule has 1 saturated carbocycles. The first-order chi connectivity index (χ1) is 10.2. The predicted octanol–water partition coefficient (Wildman–Crippen LogP) is 4.24. The third-order valence-electron chi connectivity index (χ3n) is 3.43. The van der Waals surface area contributed by atoms with Crippen LogP contribution >= 0.6 is 22.9 Å². The fraction of sp³-hybridized carbons (Fsp3) is 0.375. The number of ether oxygens (including phenoxy) is 2. The summed E-state index contributed by atoms with van der Waals surface area (Å²) in [6.45, 7) is 1.36. The molecule has 0 spiro atoms. The summed E-state index contributed by atoms with van der Waals surface area (Å²) in [5, 5.41) is 3.51. The smallest absolute Gasteiger partial charge is 0.128 e. The van der Waals surface area contributed by atoms with Crippen molar-refractivity contribution in [2.45, 2.75) is 32.0 Å². The fourth-order valence-electron chi connectivity index (χ4n) is 2.06. The second-order valence-corrected chi connectivity index (χ2v) is 6.92. The van der Waals surface area contributed by atoms with Crippen LogP contribution in [-0.4, -0.2) is 13.2 Å². The van der Waals surface area contributed by atoms with Crippen LogP contribution in [0.5, 0.6) is 11.5 Å². The van der Waals surface area contributed by atoms with Gasteiger partial charge >= 0.3 is 0 Å². The molecule has 21 heavy (non-hydrogen) atoms. The van der Waals surface area contributed by atoms with Gasteiger partial charge in [0.05, 0.1) is 11.4 Å². The Morgan fingerprint density at radius 1 is 1.29 bits per heavy atom. The van der Waals surface area contributed by atoms with E-state index in [2.05, 4.69) is 11.4 Å². The third kappa shape index (κ3) is 4.13. The molecule has 0 bridgehead atoms. The number of thiophene rings is 1. The molecule has 1 N–H and O–H groups in total. The molecule has 0 amide bonds. The largest absolute Gasteiger partial charge is 0.497 e. The van der Waals surface area contributed by atoms with Gasteiger partial charge in [0.25, 0.3) is 0 Å². The van der Waals surface area contributed by atoms with Gasteiger partial charge in [-0.3, -0.25) is 0 Å². The number of hydrogen-bond donors (Lipinski definition) is 1. The van der Waals surface area contributed by atoms with E-state index in [-0.39, 0.29) is 0 Å². The molecule has 1 fully saturated rings. The highest BCUT2D eigenvalue weighted by Crippen LogP contribution is 2.29. The van der Waals surface area contributed by atoms with Gasteiger partial charge in [-0.05, 0) is 31.0 Å². The van der Waals surface area contributed by atoms with Crippen molar-refractivity contribution in [3.63, 3.8) is 0 Å². The summed E-state index contributed by atoms with van der Waals surface area (Å²) in [7, 11) is 1.67. The lowest BCUT2D eigenvalue weighted by molar-refractivity contribution is 0.303. The maximum atomic E-state index is 5.96. The zero-order chi connectivity index (χ0) is 14.7. The molecule has 0 saturated heterocycles. The summed E-state index contributed by atoms with van der Waals surface area (Å²) >= 11 is 7.49. The van der Waals surface area contributed by atoms with Crippen molar-refractivity contribution < 1.29 is 9.47 Å². The Morgan fingerprint density at radius 2 is 2.14 bits per heavy atom. The van der Waals surface area contributed by atoms with Crippen molar-refractivity contribution in [3.8, 4) is 11.5 Å². The first kappa shape index (κ1) is 14.7. The number of rotatable bonds is 7. The highest BCUT2D eigenvalue weighted by atomic mass is 35.5. The van der Waals surface area contributed by atoms with E-state index in [4.69, 9.17) is 21.1 Å². The fourth-order valence-corrected chi connectivity index (χ4v) is 3.06. The van der Waals surface area contributed by atoms with Crippen LogP contribution in [0.1, 0.15) is 23.3 Å². The SMILES string of the molecule is COc1ccc(CNC2CC2)c(OCc2ccc(Cl)s2)c1. The summed E-state index contributed by atoms with van der Waals surface area (Å²) in [5.74, 6) is 1.68. The molecular weight excluding hydrogens is 306 g/mol. The van der Waals surface area contributed by atoms with Crippen LogP contribution in [0.2, 0.25) is 4.34 Å². The van der Waals surface area contributed by atoms with Crippen LogP contribution < -0.4 is 14.8 Å². The minimum Gasteiger partial charge on any atom is -0.497 e. The summed E-state index contributed by atoms with van der Waals surface area (Å²) in [6, 6.07) is 10.5. The monoisotopic (exact) mass is 323 g/mol. The molecule has 0 aliphatic heterocycles. The quantitative estimate of drug-likeness (QED) is 0.826. The van der Waals surface area contributed by atoms with Crippen LogP contribution in [0.25, 0.3) is 0 Å². The van der Waals surface area contributed by atoms with Gasteiger partial charge in [-0.2, -0.15) is 0 Å². The summed E-state index contributed by atoms with van der Waals surface area (Å²) in [6.07, 6.45) is 2.56. The molecular formula is C16H18ClNO2S. The standard InChI is InChI=1S/C16H18ClNO2S/c1-19-13-5-2-11(9-18-12-3-4-12)15(8-13)20-10-14-6-7-16(17)21-14/h2,5-8,12,18H,3-4,9-10H2,1H3. The average Bonchev–Trinajstić information content (AvgIpc) is 3.24. The van der Waals surface area contributed by atoms with Gasteiger partial charge in [-0.25, -0.2) is 0 Å². The zero-order valence-corrected chi connectivity index (χ0v) is 13.5. The van der Waals surface area contributed by atoms with E-state index in [1.807, 2.05) is 24.3 Å². The van der Waals surface area contributed by atoms with Gasteiger partial charge in [-0.15, -0.1) is 11.3 Å². The molecule has 2 aromatic rings. The first-order valence-electron chi connectivity index (χ1n) is 7.02. The van der Waals surface area contributed by atoms with Crippen molar-refractivity contribution in [1.29, 1.82) is 0 Å². The van der Waals surface area contributed by atoms with E-state index in [1.165, 1.54) is 12.8 Å². The lowest BCUT2D eigenvalue weighted by atomic mass is 10.2. The van der Waals surface area contributed by atoms with Crippen LogP contribution in [0.3, 0.4) is 0 Å². The second kappa shape index (κ2) is 6.69. The molecule has 1 aromatic carbocycles. The molecule has 1 aliphatic carbocycles. The molecule has 3 rings (SSSR count).